The summed E-state index contributed by atoms with van der Waals surface area (Å²) in [6, 6.07) is 0.468. The van der Waals surface area contributed by atoms with Gasteiger partial charge in [0.15, 0.2) is 0 Å². The van der Waals surface area contributed by atoms with Crippen LogP contribution in [-0.4, -0.2) is 54.0 Å². The molecule has 0 aromatic rings. The van der Waals surface area contributed by atoms with Crippen LogP contribution in [0.25, 0.3) is 0 Å². The van der Waals surface area contributed by atoms with Crippen LogP contribution in [0.2, 0.25) is 0 Å². The molecule has 0 radical (unpaired) electrons. The minimum atomic E-state index is -0.348. The van der Waals surface area contributed by atoms with Crippen LogP contribution in [0, 0.1) is 11.8 Å². The topological polar surface area (TPSA) is 49.6 Å². The quantitative estimate of drug-likeness (QED) is 0.838. The van der Waals surface area contributed by atoms with Gasteiger partial charge >= 0.3 is 0 Å². The van der Waals surface area contributed by atoms with Crippen molar-refractivity contribution in [1.29, 1.82) is 0 Å². The van der Waals surface area contributed by atoms with Crippen molar-refractivity contribution in [2.45, 2.75) is 44.7 Å². The molecule has 1 amide bonds. The molecule has 3 aliphatic rings. The van der Waals surface area contributed by atoms with E-state index in [0.717, 1.165) is 44.1 Å². The number of hydrogen-bond acceptors (Lipinski definition) is 3. The summed E-state index contributed by atoms with van der Waals surface area (Å²) in [5.41, 5.74) is 5.67. The van der Waals surface area contributed by atoms with Gasteiger partial charge in [-0.1, -0.05) is 6.42 Å². The van der Waals surface area contributed by atoms with Crippen molar-refractivity contribution in [3.63, 3.8) is 0 Å². The molecule has 1 saturated heterocycles. The summed E-state index contributed by atoms with van der Waals surface area (Å²) in [5, 5.41) is 0. The highest BCUT2D eigenvalue weighted by Crippen LogP contribution is 2.46. The third-order valence-electron chi connectivity index (χ3n) is 5.19. The van der Waals surface area contributed by atoms with Crippen molar-refractivity contribution in [1.82, 2.24) is 9.80 Å². The van der Waals surface area contributed by atoms with Crippen LogP contribution in [0.1, 0.15) is 32.6 Å². The smallest absolute Gasteiger partial charge is 0.239 e. The third-order valence-corrected chi connectivity index (χ3v) is 5.19. The van der Waals surface area contributed by atoms with E-state index >= 15 is 0 Å². The molecule has 0 aromatic heterocycles. The Morgan fingerprint density at radius 2 is 1.75 bits per heavy atom. The molecule has 3 fully saturated rings. The van der Waals surface area contributed by atoms with Gasteiger partial charge in [0.05, 0.1) is 6.04 Å². The molecule has 118 valence electrons. The van der Waals surface area contributed by atoms with E-state index in [0.29, 0.717) is 0 Å². The monoisotopic (exact) mass is 323 g/mol. The second kappa shape index (κ2) is 7.30. The Bertz CT molecular complexity index is 332. The zero-order valence-electron chi connectivity index (χ0n) is 12.2. The molecule has 3 unspecified atom stereocenters. The fourth-order valence-electron chi connectivity index (χ4n) is 4.22. The average Bonchev–Trinajstić information content (AvgIpc) is 3.00. The SMILES string of the molecule is C[C@@H](N)C(=O)N1CCN(C2CC3CCC2C3)CC1.Cl.Cl. The van der Waals surface area contributed by atoms with Gasteiger partial charge in [0.25, 0.3) is 0 Å². The number of amides is 1. The molecular weight excluding hydrogens is 297 g/mol. The van der Waals surface area contributed by atoms with Gasteiger partial charge < -0.3 is 10.6 Å². The van der Waals surface area contributed by atoms with Gasteiger partial charge in [-0.3, -0.25) is 9.69 Å². The summed E-state index contributed by atoms with van der Waals surface area (Å²) in [5.74, 6) is 2.07. The number of halogens is 2. The molecule has 2 N–H and O–H groups in total. The number of fused-ring (bicyclic) bond motifs is 2. The van der Waals surface area contributed by atoms with E-state index in [1.54, 1.807) is 6.92 Å². The number of piperazine rings is 1. The average molecular weight is 324 g/mol. The minimum Gasteiger partial charge on any atom is -0.339 e. The summed E-state index contributed by atoms with van der Waals surface area (Å²) in [4.78, 5) is 16.4. The first-order valence-corrected chi connectivity index (χ1v) is 7.43. The van der Waals surface area contributed by atoms with Crippen molar-refractivity contribution < 1.29 is 4.79 Å². The van der Waals surface area contributed by atoms with E-state index in [2.05, 4.69) is 4.90 Å². The van der Waals surface area contributed by atoms with E-state index < -0.39 is 0 Å². The second-order valence-corrected chi connectivity index (χ2v) is 6.39. The summed E-state index contributed by atoms with van der Waals surface area (Å²) in [7, 11) is 0. The third kappa shape index (κ3) is 3.41. The molecule has 2 saturated carbocycles. The van der Waals surface area contributed by atoms with Crippen LogP contribution in [0.15, 0.2) is 0 Å². The maximum absolute atomic E-state index is 11.8. The van der Waals surface area contributed by atoms with Gasteiger partial charge in [-0.2, -0.15) is 0 Å². The molecule has 4 atom stereocenters. The molecule has 20 heavy (non-hydrogen) atoms. The normalized spacial score (nSPS) is 34.3. The van der Waals surface area contributed by atoms with Crippen molar-refractivity contribution in [2.75, 3.05) is 26.2 Å². The maximum Gasteiger partial charge on any atom is 0.239 e. The van der Waals surface area contributed by atoms with E-state index in [9.17, 15) is 4.79 Å². The Kier molecular flexibility index (Phi) is 6.58. The Hall–Kier alpha value is -0.0300. The lowest BCUT2D eigenvalue weighted by atomic mass is 9.93. The van der Waals surface area contributed by atoms with Crippen LogP contribution in [0.3, 0.4) is 0 Å². The second-order valence-electron chi connectivity index (χ2n) is 6.39. The van der Waals surface area contributed by atoms with Gasteiger partial charge in [-0.25, -0.2) is 0 Å². The van der Waals surface area contributed by atoms with Crippen molar-refractivity contribution >= 4 is 30.7 Å². The summed E-state index contributed by atoms with van der Waals surface area (Å²) in [6.45, 7) is 5.62. The number of nitrogens with zero attached hydrogens (tertiary/aromatic N) is 2. The van der Waals surface area contributed by atoms with E-state index in [1.807, 2.05) is 4.90 Å². The van der Waals surface area contributed by atoms with Crippen molar-refractivity contribution in [2.24, 2.45) is 17.6 Å². The first kappa shape index (κ1) is 18.0. The Morgan fingerprint density at radius 1 is 1.10 bits per heavy atom. The zero-order chi connectivity index (χ0) is 12.7. The van der Waals surface area contributed by atoms with Crippen LogP contribution in [0.4, 0.5) is 0 Å². The highest BCUT2D eigenvalue weighted by Gasteiger charge is 2.42. The lowest BCUT2D eigenvalue weighted by molar-refractivity contribution is -0.134. The van der Waals surface area contributed by atoms with E-state index in [-0.39, 0.29) is 36.8 Å². The number of nitrogens with two attached hydrogens (primary N) is 1. The van der Waals surface area contributed by atoms with Crippen molar-refractivity contribution in [3.8, 4) is 0 Å². The summed E-state index contributed by atoms with van der Waals surface area (Å²) in [6.07, 6.45) is 5.77. The first-order chi connectivity index (χ1) is 8.65. The molecule has 1 aliphatic heterocycles. The highest BCUT2D eigenvalue weighted by molar-refractivity contribution is 5.85. The van der Waals surface area contributed by atoms with Crippen LogP contribution in [0.5, 0.6) is 0 Å². The predicted molar refractivity (Wildman–Crippen MR) is 85.5 cm³/mol. The van der Waals surface area contributed by atoms with Gasteiger partial charge in [0, 0.05) is 32.2 Å². The van der Waals surface area contributed by atoms with Gasteiger partial charge in [0.2, 0.25) is 5.91 Å². The molecule has 3 rings (SSSR count). The number of hydrogen-bond donors (Lipinski definition) is 1. The Labute approximate surface area is 134 Å². The van der Waals surface area contributed by atoms with Gasteiger partial charge in [0.1, 0.15) is 0 Å². The number of carbonyl (C=O) groups is 1. The molecule has 0 aromatic carbocycles. The zero-order valence-corrected chi connectivity index (χ0v) is 13.8. The highest BCUT2D eigenvalue weighted by atomic mass is 35.5. The van der Waals surface area contributed by atoms with Crippen LogP contribution < -0.4 is 5.73 Å². The molecule has 2 bridgehead atoms. The maximum atomic E-state index is 11.8. The van der Waals surface area contributed by atoms with E-state index in [4.69, 9.17) is 5.73 Å². The lowest BCUT2D eigenvalue weighted by Gasteiger charge is -2.41. The minimum absolute atomic E-state index is 0. The van der Waals surface area contributed by atoms with Crippen LogP contribution in [-0.2, 0) is 4.79 Å². The Balaban J connectivity index is 0.000001000. The number of carbonyl (C=O) groups excluding carboxylic acids is 1. The summed E-state index contributed by atoms with van der Waals surface area (Å²) < 4.78 is 0. The molecule has 4 nitrogen and oxygen atoms in total. The molecule has 6 heteroatoms. The first-order valence-electron chi connectivity index (χ1n) is 7.43. The summed E-state index contributed by atoms with van der Waals surface area (Å²) >= 11 is 0. The van der Waals surface area contributed by atoms with Gasteiger partial charge in [-0.05, 0) is 38.0 Å². The van der Waals surface area contributed by atoms with Gasteiger partial charge in [-0.15, -0.1) is 24.8 Å². The Morgan fingerprint density at radius 3 is 2.20 bits per heavy atom. The molecule has 0 spiro atoms. The fourth-order valence-corrected chi connectivity index (χ4v) is 4.22. The molecule has 1 heterocycles. The predicted octanol–water partition coefficient (Wildman–Crippen LogP) is 1.51. The molecular formula is C14H27Cl2N3O. The lowest BCUT2D eigenvalue weighted by Crippen LogP contribution is -2.55. The number of rotatable bonds is 2. The fraction of sp³-hybridized carbons (Fsp3) is 0.929. The van der Waals surface area contributed by atoms with E-state index in [1.165, 1.54) is 25.7 Å². The molecule has 2 aliphatic carbocycles. The van der Waals surface area contributed by atoms with Crippen LogP contribution >= 0.6 is 24.8 Å². The van der Waals surface area contributed by atoms with Crippen molar-refractivity contribution in [3.05, 3.63) is 0 Å². The largest absolute Gasteiger partial charge is 0.339 e. The standard InChI is InChI=1S/C14H25N3O.2ClH/c1-10(15)14(18)17-6-4-16(5-7-17)13-9-11-2-3-12(13)8-11;;/h10-13H,2-9,15H2,1H3;2*1H/t10-,11?,12?,13?;;/m1../s1.